The van der Waals surface area contributed by atoms with Crippen molar-refractivity contribution in [1.82, 2.24) is 4.90 Å². The van der Waals surface area contributed by atoms with Gasteiger partial charge in [-0.25, -0.2) is 5.90 Å². The molecule has 0 aromatic rings. The number of rotatable bonds is 9. The topological polar surface area (TPSA) is 191 Å². The Bertz CT molecular complexity index is 366. The van der Waals surface area contributed by atoms with Crippen molar-refractivity contribution >= 4 is 21.2 Å². The summed E-state index contributed by atoms with van der Waals surface area (Å²) in [4.78, 5) is 50.9. The molecule has 0 aliphatic carbocycles. The zero-order valence-electron chi connectivity index (χ0n) is 9.69. The van der Waals surface area contributed by atoms with Crippen LogP contribution >= 0.6 is 15.2 Å². The van der Waals surface area contributed by atoms with Crippen LogP contribution in [0.4, 0.5) is 0 Å². The highest BCUT2D eigenvalue weighted by Gasteiger charge is 2.34. The molecule has 114 valence electrons. The largest absolute Gasteiger partial charge is 0.480 e. The van der Waals surface area contributed by atoms with Crippen molar-refractivity contribution in [2.75, 3.05) is 19.2 Å². The summed E-state index contributed by atoms with van der Waals surface area (Å²) < 4.78 is 21.8. The lowest BCUT2D eigenvalue weighted by atomic mass is 10.2. The van der Waals surface area contributed by atoms with E-state index in [2.05, 4.69) is 4.84 Å². The van der Waals surface area contributed by atoms with E-state index in [1.807, 2.05) is 0 Å². The first-order chi connectivity index (χ1) is 8.46. The molecule has 0 rings (SSSR count). The molecule has 0 saturated heterocycles. The summed E-state index contributed by atoms with van der Waals surface area (Å²) in [5.74, 6) is 3.21. The van der Waals surface area contributed by atoms with Gasteiger partial charge < -0.3 is 29.5 Å². The molecule has 0 aromatic heterocycles. The van der Waals surface area contributed by atoms with Crippen molar-refractivity contribution in [3.05, 3.63) is 0 Å². The quantitative estimate of drug-likeness (QED) is 0.209. The molecule has 0 bridgehead atoms. The van der Waals surface area contributed by atoms with Crippen LogP contribution in [0.1, 0.15) is 6.42 Å². The fraction of sp³-hybridized carbons (Fsp3) is 0.833. The fourth-order valence-corrected chi connectivity index (χ4v) is 3.06. The Balaban J connectivity index is 5.09. The molecule has 0 fully saturated rings. The van der Waals surface area contributed by atoms with Gasteiger partial charge in [0.25, 0.3) is 0 Å². The van der Waals surface area contributed by atoms with Crippen LogP contribution in [0.2, 0.25) is 0 Å². The predicted octanol–water partition coefficient (Wildman–Crippen LogP) is -1.71. The molecule has 7 N–H and O–H groups in total. The van der Waals surface area contributed by atoms with Crippen LogP contribution in [-0.2, 0) is 18.8 Å². The predicted molar refractivity (Wildman–Crippen MR) is 61.8 cm³/mol. The number of nitrogens with zero attached hydrogens (tertiary/aromatic N) is 1. The Kier molecular flexibility index (Phi) is 7.30. The van der Waals surface area contributed by atoms with Crippen LogP contribution < -0.4 is 5.90 Å². The van der Waals surface area contributed by atoms with Gasteiger partial charge in [0, 0.05) is 0 Å². The van der Waals surface area contributed by atoms with Gasteiger partial charge >= 0.3 is 21.2 Å². The number of nitrogens with two attached hydrogens (primary N) is 1. The number of hydrogen-bond donors (Lipinski definition) is 6. The van der Waals surface area contributed by atoms with Gasteiger partial charge in [0.1, 0.15) is 18.6 Å². The molecule has 0 aromatic carbocycles. The van der Waals surface area contributed by atoms with Gasteiger partial charge in [-0.05, 0) is 6.42 Å². The molecule has 0 aliphatic rings. The Morgan fingerprint density at radius 1 is 1.16 bits per heavy atom. The lowest BCUT2D eigenvalue weighted by molar-refractivity contribution is -0.143. The highest BCUT2D eigenvalue weighted by atomic mass is 31.2. The first kappa shape index (κ1) is 18.7. The van der Waals surface area contributed by atoms with E-state index in [0.717, 1.165) is 0 Å². The molecule has 0 spiro atoms. The molecule has 19 heavy (non-hydrogen) atoms. The van der Waals surface area contributed by atoms with Gasteiger partial charge in [0.2, 0.25) is 0 Å². The minimum Gasteiger partial charge on any atom is -0.480 e. The fourth-order valence-electron chi connectivity index (χ4n) is 1.36. The number of carboxylic acids is 1. The molecule has 0 amide bonds. The van der Waals surface area contributed by atoms with Gasteiger partial charge in [-0.3, -0.25) is 18.8 Å². The highest BCUT2D eigenvalue weighted by Crippen LogP contribution is 2.41. The van der Waals surface area contributed by atoms with Crippen molar-refractivity contribution < 1.29 is 43.4 Å². The second-order valence-electron chi connectivity index (χ2n) is 3.71. The summed E-state index contributed by atoms with van der Waals surface area (Å²) in [6, 6.07) is -1.54. The van der Waals surface area contributed by atoms with E-state index < -0.39 is 39.8 Å². The number of carboxylic acid groups (broad SMARTS) is 1. The summed E-state index contributed by atoms with van der Waals surface area (Å²) in [7, 11) is -9.37. The second kappa shape index (κ2) is 7.44. The van der Waals surface area contributed by atoms with Gasteiger partial charge in [-0.2, -0.15) is 0 Å². The molecule has 0 saturated carbocycles. The zero-order valence-corrected chi connectivity index (χ0v) is 11.5. The molecule has 13 heteroatoms. The Morgan fingerprint density at radius 3 is 1.84 bits per heavy atom. The maximum absolute atomic E-state index is 11.0. The lowest BCUT2D eigenvalue weighted by Crippen LogP contribution is -2.43. The standard InChI is InChI=1S/C6H16N2O9P2/c7-17-2-1-5(6(9)10)8(3-18(11,12)13)4-19(14,15)16/h5H,1-4,7H2,(H,9,10)(H2,11,12,13)(H2,14,15,16)/t5-/m0/s1. The molecule has 11 nitrogen and oxygen atoms in total. The molecular weight excluding hydrogens is 306 g/mol. The minimum absolute atomic E-state index is 0.254. The molecule has 1 atom stereocenters. The Labute approximate surface area is 108 Å². The third-order valence-electron chi connectivity index (χ3n) is 1.97. The van der Waals surface area contributed by atoms with E-state index in [9.17, 15) is 13.9 Å². The second-order valence-corrected chi connectivity index (χ2v) is 6.94. The molecule has 0 heterocycles. The van der Waals surface area contributed by atoms with E-state index in [-0.39, 0.29) is 13.0 Å². The van der Waals surface area contributed by atoms with E-state index in [0.29, 0.717) is 4.90 Å². The van der Waals surface area contributed by atoms with E-state index >= 15 is 0 Å². The summed E-state index contributed by atoms with van der Waals surface area (Å²) in [5.41, 5.74) is 0. The molecule has 0 aliphatic heterocycles. The van der Waals surface area contributed by atoms with Gasteiger partial charge in [-0.15, -0.1) is 0 Å². The van der Waals surface area contributed by atoms with Crippen molar-refractivity contribution in [1.29, 1.82) is 0 Å². The Hall–Kier alpha value is -0.350. The monoisotopic (exact) mass is 322 g/mol. The first-order valence-electron chi connectivity index (χ1n) is 4.84. The van der Waals surface area contributed by atoms with E-state index in [1.165, 1.54) is 0 Å². The summed E-state index contributed by atoms with van der Waals surface area (Å²) in [6.45, 7) is -0.254. The van der Waals surface area contributed by atoms with Crippen LogP contribution in [0, 0.1) is 0 Å². The third kappa shape index (κ3) is 9.22. The highest BCUT2D eigenvalue weighted by molar-refractivity contribution is 7.52. The van der Waals surface area contributed by atoms with Crippen LogP contribution in [0.15, 0.2) is 0 Å². The SMILES string of the molecule is NOCC[C@@H](C(=O)O)N(CP(=O)(O)O)CP(=O)(O)O. The zero-order chi connectivity index (χ0) is 15.3. The van der Waals surface area contributed by atoms with Crippen molar-refractivity contribution in [2.24, 2.45) is 5.90 Å². The van der Waals surface area contributed by atoms with Crippen LogP contribution in [0.3, 0.4) is 0 Å². The number of hydrogen-bond acceptors (Lipinski definition) is 6. The van der Waals surface area contributed by atoms with Crippen molar-refractivity contribution in [2.45, 2.75) is 12.5 Å². The average Bonchev–Trinajstić information content (AvgIpc) is 2.12. The van der Waals surface area contributed by atoms with E-state index in [4.69, 9.17) is 30.6 Å². The molecule has 0 radical (unpaired) electrons. The van der Waals surface area contributed by atoms with Gasteiger partial charge in [0.05, 0.1) is 6.61 Å². The summed E-state index contributed by atoms with van der Waals surface area (Å²) >= 11 is 0. The number of aliphatic carboxylic acids is 1. The number of carbonyl (C=O) groups is 1. The molecular formula is C6H16N2O9P2. The smallest absolute Gasteiger partial charge is 0.339 e. The van der Waals surface area contributed by atoms with Gasteiger partial charge in [0.15, 0.2) is 0 Å². The van der Waals surface area contributed by atoms with Gasteiger partial charge in [-0.1, -0.05) is 0 Å². The minimum atomic E-state index is -4.69. The van der Waals surface area contributed by atoms with Crippen molar-refractivity contribution in [3.63, 3.8) is 0 Å². The summed E-state index contributed by atoms with van der Waals surface area (Å²) in [5, 5.41) is 8.92. The maximum Gasteiger partial charge on any atom is 0.339 e. The maximum atomic E-state index is 11.0. The first-order valence-corrected chi connectivity index (χ1v) is 8.43. The third-order valence-corrected chi connectivity index (χ3v) is 3.43. The molecule has 0 unspecified atom stereocenters. The Morgan fingerprint density at radius 2 is 1.58 bits per heavy atom. The average molecular weight is 322 g/mol. The normalized spacial score (nSPS) is 14.6. The summed E-state index contributed by atoms with van der Waals surface area (Å²) in [6.07, 6.45) is -2.48. The van der Waals surface area contributed by atoms with Crippen LogP contribution in [0.5, 0.6) is 0 Å². The van der Waals surface area contributed by atoms with E-state index in [1.54, 1.807) is 0 Å². The van der Waals surface area contributed by atoms with Crippen molar-refractivity contribution in [3.8, 4) is 0 Å². The van der Waals surface area contributed by atoms with Crippen LogP contribution in [-0.4, -0.2) is 60.8 Å². The van der Waals surface area contributed by atoms with Crippen LogP contribution in [0.25, 0.3) is 0 Å². The lowest BCUT2D eigenvalue weighted by Gasteiger charge is -2.28.